The summed E-state index contributed by atoms with van der Waals surface area (Å²) in [4.78, 5) is 45.0. The molecule has 0 spiro atoms. The molecular weight excluding hydrogens is 913 g/mol. The van der Waals surface area contributed by atoms with Crippen LogP contribution in [-0.4, -0.2) is 61.5 Å². The van der Waals surface area contributed by atoms with E-state index >= 15 is 0 Å². The maximum absolute atomic E-state index is 14.1. The molecule has 0 fully saturated rings. The van der Waals surface area contributed by atoms with Gasteiger partial charge in [-0.15, -0.1) is 20.5 Å². The first kappa shape index (κ1) is 43.5. The molecule has 0 unspecified atom stereocenters. The molecule has 7 aromatic carbocycles. The number of anilines is 2. The summed E-state index contributed by atoms with van der Waals surface area (Å²) in [6.07, 6.45) is 8.63. The number of fused-ring (bicyclic) bond motifs is 4. The van der Waals surface area contributed by atoms with Gasteiger partial charge in [-0.3, -0.25) is 9.59 Å². The van der Waals surface area contributed by atoms with Crippen LogP contribution < -0.4 is 10.6 Å². The van der Waals surface area contributed by atoms with Crippen molar-refractivity contribution in [3.8, 4) is 35.5 Å². The molecule has 0 aliphatic rings. The Bertz CT molecular complexity index is 3870. The number of rotatable bonds is 10. The van der Waals surface area contributed by atoms with Gasteiger partial charge >= 0.3 is 0 Å². The highest BCUT2D eigenvalue weighted by Gasteiger charge is 2.23. The molecule has 0 aliphatic carbocycles. The van der Waals surface area contributed by atoms with Gasteiger partial charge in [0.15, 0.2) is 23.1 Å². The number of nitriles is 2. The minimum absolute atomic E-state index is 0.00354. The van der Waals surface area contributed by atoms with Gasteiger partial charge in [0.05, 0.1) is 23.5 Å². The molecule has 0 radical (unpaired) electrons. The number of hydrogen-bond donors (Lipinski definition) is 4. The van der Waals surface area contributed by atoms with Crippen LogP contribution in [0.15, 0.2) is 179 Å². The van der Waals surface area contributed by atoms with Crippen molar-refractivity contribution in [1.82, 2.24) is 39.5 Å². The third-order valence-corrected chi connectivity index (χ3v) is 11.5. The summed E-state index contributed by atoms with van der Waals surface area (Å²) in [6.45, 7) is 0. The highest BCUT2D eigenvalue weighted by molar-refractivity contribution is 6.15. The normalized spacial score (nSPS) is 11.4. The minimum Gasteiger partial charge on any atom is -0.505 e. The molecule has 0 atom stereocenters. The number of nitrogens with one attached hydrogen (secondary N) is 2. The third-order valence-electron chi connectivity index (χ3n) is 11.5. The van der Waals surface area contributed by atoms with Crippen molar-refractivity contribution >= 4 is 89.3 Å². The van der Waals surface area contributed by atoms with Crippen LogP contribution in [-0.2, 0) is 0 Å². The standard InChI is InChI=1S/C52H30N16O4/c53-25-35-27-59-67(51-55-15-5-16-56-51)47(35)65-63-43-39-21-31-9-3-1-7-29(31)19-33(39)23-41(45(43)69)49(71)61-37-11-13-38(14-12-37)62-50(72)42-24-34-20-30-8-2-4-10-32(30)22-40(34)44(46(42)70)64-66-48-36(26-54)28-60-68(48)52-57-17-6-18-58-52/h1-24,27-28,69-70H,(H,61,71)(H,62,72). The zero-order chi connectivity index (χ0) is 49.3. The fraction of sp³-hybridized carbons (Fsp3) is 0. The Morgan fingerprint density at radius 1 is 0.486 bits per heavy atom. The number of azo groups is 2. The molecule has 20 heteroatoms. The van der Waals surface area contributed by atoms with E-state index in [1.165, 1.54) is 46.5 Å². The van der Waals surface area contributed by atoms with Gasteiger partial charge in [-0.2, -0.15) is 30.1 Å². The van der Waals surface area contributed by atoms with Crippen molar-refractivity contribution in [1.29, 1.82) is 10.5 Å². The molecule has 4 N–H and O–H groups in total. The van der Waals surface area contributed by atoms with E-state index < -0.39 is 23.3 Å². The Hall–Kier alpha value is -11.1. The lowest BCUT2D eigenvalue weighted by molar-refractivity contribution is 0.101. The van der Waals surface area contributed by atoms with Gasteiger partial charge in [-0.25, -0.2) is 19.9 Å². The average Bonchev–Trinajstić information content (AvgIpc) is 4.04. The predicted molar refractivity (Wildman–Crippen MR) is 265 cm³/mol. The van der Waals surface area contributed by atoms with Crippen molar-refractivity contribution < 1.29 is 19.8 Å². The second-order valence-corrected chi connectivity index (χ2v) is 15.9. The first-order valence-electron chi connectivity index (χ1n) is 21.7. The predicted octanol–water partition coefficient (Wildman–Crippen LogP) is 10.7. The zero-order valence-corrected chi connectivity index (χ0v) is 37.0. The summed E-state index contributed by atoms with van der Waals surface area (Å²) in [6, 6.07) is 39.2. The lowest BCUT2D eigenvalue weighted by atomic mass is 9.99. The third kappa shape index (κ3) is 8.01. The minimum atomic E-state index is -0.687. The summed E-state index contributed by atoms with van der Waals surface area (Å²) in [7, 11) is 0. The monoisotopic (exact) mass is 942 g/mol. The number of nitrogens with zero attached hydrogens (tertiary/aromatic N) is 14. The summed E-state index contributed by atoms with van der Waals surface area (Å²) in [5, 5.41) is 80.4. The van der Waals surface area contributed by atoms with Crippen molar-refractivity contribution in [2.75, 3.05) is 10.6 Å². The Labute approximate surface area is 405 Å². The number of carbonyl (C=O) groups excluding carboxylic acids is 2. The van der Waals surface area contributed by atoms with Crippen LogP contribution in [0.2, 0.25) is 0 Å². The number of hydrogen-bond acceptors (Lipinski definition) is 16. The molecule has 11 rings (SSSR count). The van der Waals surface area contributed by atoms with E-state index in [0.717, 1.165) is 21.5 Å². The Morgan fingerprint density at radius 2 is 0.861 bits per heavy atom. The summed E-state index contributed by atoms with van der Waals surface area (Å²) in [5.74, 6) is -2.05. The van der Waals surface area contributed by atoms with Crippen LogP contribution in [0.4, 0.5) is 34.4 Å². The van der Waals surface area contributed by atoms with E-state index in [-0.39, 0.29) is 57.2 Å². The number of aromatic hydroxyl groups is 2. The topological polar surface area (TPSA) is 283 Å². The van der Waals surface area contributed by atoms with Gasteiger partial charge in [0.25, 0.3) is 23.7 Å². The Kier molecular flexibility index (Phi) is 11.0. The van der Waals surface area contributed by atoms with Gasteiger partial charge in [-0.05, 0) is 105 Å². The average molecular weight is 943 g/mol. The molecule has 0 saturated heterocycles. The number of phenols is 2. The molecule has 11 aromatic rings. The fourth-order valence-electron chi connectivity index (χ4n) is 8.03. The number of aromatic nitrogens is 8. The maximum Gasteiger partial charge on any atom is 0.259 e. The maximum atomic E-state index is 14.1. The van der Waals surface area contributed by atoms with Crippen molar-refractivity contribution in [2.45, 2.75) is 0 Å². The molecule has 342 valence electrons. The zero-order valence-electron chi connectivity index (χ0n) is 37.0. The molecule has 0 saturated carbocycles. The van der Waals surface area contributed by atoms with E-state index in [1.54, 1.807) is 48.5 Å². The van der Waals surface area contributed by atoms with Gasteiger partial charge in [0.2, 0.25) is 0 Å². The highest BCUT2D eigenvalue weighted by atomic mass is 16.3. The Morgan fingerprint density at radius 3 is 1.24 bits per heavy atom. The molecular formula is C52H30N16O4. The van der Waals surface area contributed by atoms with Gasteiger partial charge in [0, 0.05) is 46.9 Å². The van der Waals surface area contributed by atoms with Crippen molar-refractivity contribution in [3.63, 3.8) is 0 Å². The largest absolute Gasteiger partial charge is 0.505 e. The van der Waals surface area contributed by atoms with E-state index in [9.17, 15) is 30.3 Å². The lowest BCUT2D eigenvalue weighted by Crippen LogP contribution is -2.14. The van der Waals surface area contributed by atoms with E-state index in [4.69, 9.17) is 0 Å². The van der Waals surface area contributed by atoms with Crippen LogP contribution >= 0.6 is 0 Å². The number of phenolic OH excluding ortho intramolecular Hbond substituents is 2. The molecule has 4 heterocycles. The van der Waals surface area contributed by atoms with Gasteiger partial charge in [0.1, 0.15) is 34.6 Å². The summed E-state index contributed by atoms with van der Waals surface area (Å²) >= 11 is 0. The van der Waals surface area contributed by atoms with E-state index in [2.05, 4.69) is 61.2 Å². The number of amides is 2. The first-order chi connectivity index (χ1) is 35.2. The van der Waals surface area contributed by atoms with Crippen LogP contribution in [0.25, 0.3) is 55.0 Å². The highest BCUT2D eigenvalue weighted by Crippen LogP contribution is 2.43. The second kappa shape index (κ2) is 18.2. The molecule has 0 aliphatic heterocycles. The van der Waals surface area contributed by atoms with Crippen LogP contribution in [0.5, 0.6) is 11.5 Å². The first-order valence-corrected chi connectivity index (χ1v) is 21.7. The molecule has 0 bridgehead atoms. The summed E-state index contributed by atoms with van der Waals surface area (Å²) in [5.41, 5.74) is 0.426. The van der Waals surface area contributed by atoms with Gasteiger partial charge in [-0.1, -0.05) is 48.5 Å². The Balaban J connectivity index is 0.897. The molecule has 2 amide bonds. The molecule has 72 heavy (non-hydrogen) atoms. The fourth-order valence-corrected chi connectivity index (χ4v) is 8.03. The number of benzene rings is 7. The molecule has 20 nitrogen and oxygen atoms in total. The SMILES string of the molecule is N#Cc1cnn(-c2ncccn2)c1N=Nc1c(O)c(C(=O)Nc2ccc(NC(=O)c3cc4cc5ccccc5cc4c(N=Nc4c(C#N)cnn4-c4ncccn4)c3O)cc2)cc2cc3ccccc3cc12. The van der Waals surface area contributed by atoms with Gasteiger partial charge < -0.3 is 20.8 Å². The quantitative estimate of drug-likeness (QED) is 0.0735. The van der Waals surface area contributed by atoms with Crippen molar-refractivity contribution in [3.05, 3.63) is 181 Å². The summed E-state index contributed by atoms with van der Waals surface area (Å²) < 4.78 is 2.48. The molecule has 4 aromatic heterocycles. The lowest BCUT2D eigenvalue weighted by Gasteiger charge is -2.13. The van der Waals surface area contributed by atoms with Crippen molar-refractivity contribution in [2.24, 2.45) is 20.5 Å². The van der Waals surface area contributed by atoms with E-state index in [0.29, 0.717) is 32.9 Å². The van der Waals surface area contributed by atoms with E-state index in [1.807, 2.05) is 84.9 Å². The van der Waals surface area contributed by atoms with Crippen LogP contribution in [0, 0.1) is 22.7 Å². The smallest absolute Gasteiger partial charge is 0.259 e. The second-order valence-electron chi connectivity index (χ2n) is 15.9. The van der Waals surface area contributed by atoms with Crippen LogP contribution in [0.3, 0.4) is 0 Å². The van der Waals surface area contributed by atoms with Crippen LogP contribution in [0.1, 0.15) is 31.8 Å². The number of carbonyl (C=O) groups is 2.